The van der Waals surface area contributed by atoms with E-state index < -0.39 is 24.2 Å². The molecule has 0 fully saturated rings. The first-order chi connectivity index (χ1) is 9.90. The Labute approximate surface area is 147 Å². The summed E-state index contributed by atoms with van der Waals surface area (Å²) in [5.74, 6) is 6.80. The first-order valence-corrected chi connectivity index (χ1v) is 18.4. The van der Waals surface area contributed by atoms with Crippen molar-refractivity contribution < 1.29 is 0 Å². The maximum absolute atomic E-state index is 6.68. The van der Waals surface area contributed by atoms with Crippen LogP contribution in [0.5, 0.6) is 0 Å². The predicted octanol–water partition coefficient (Wildman–Crippen LogP) is 6.29. The first kappa shape index (κ1) is 21.8. The third-order valence-electron chi connectivity index (χ3n) is 3.89. The first-order valence-electron chi connectivity index (χ1n) is 8.37. The van der Waals surface area contributed by atoms with E-state index in [9.17, 15) is 0 Å². The van der Waals surface area contributed by atoms with Crippen molar-refractivity contribution in [3.05, 3.63) is 10.2 Å². The van der Waals surface area contributed by atoms with Gasteiger partial charge in [-0.2, -0.15) is 0 Å². The van der Waals surface area contributed by atoms with Crippen molar-refractivity contribution in [3.63, 3.8) is 0 Å². The van der Waals surface area contributed by atoms with Crippen LogP contribution in [0.2, 0.25) is 57.4 Å². The van der Waals surface area contributed by atoms with E-state index in [4.69, 9.17) is 11.6 Å². The smallest absolute Gasteiger partial charge is 0.127 e. The highest BCUT2D eigenvalue weighted by molar-refractivity contribution is 6.89. The Morgan fingerprint density at radius 3 is 1.41 bits per heavy atom. The molecule has 0 aliphatic heterocycles. The highest BCUT2D eigenvalue weighted by Crippen LogP contribution is 2.31. The molecule has 0 saturated heterocycles. The van der Waals surface area contributed by atoms with E-state index in [-0.39, 0.29) is 0 Å². The highest BCUT2D eigenvalue weighted by atomic mass is 35.5. The number of rotatable bonds is 4. The molecule has 0 heterocycles. The van der Waals surface area contributed by atoms with Crippen LogP contribution in [0.3, 0.4) is 0 Å². The van der Waals surface area contributed by atoms with E-state index in [1.165, 1.54) is 23.3 Å². The molecule has 0 radical (unpaired) electrons. The second-order valence-electron chi connectivity index (χ2n) is 8.03. The second kappa shape index (κ2) is 8.60. The Bertz CT molecular complexity index is 513. The maximum Gasteiger partial charge on any atom is 0.129 e. The van der Waals surface area contributed by atoms with Crippen molar-refractivity contribution in [3.8, 4) is 22.9 Å². The number of halogens is 1. The molecule has 0 aromatic carbocycles. The van der Waals surface area contributed by atoms with Crippen LogP contribution in [0.25, 0.3) is 0 Å². The van der Waals surface area contributed by atoms with E-state index in [1.54, 1.807) is 0 Å². The summed E-state index contributed by atoms with van der Waals surface area (Å²) in [7, 11) is -4.43. The molecule has 0 saturated carbocycles. The SMILES string of the molecule is CC[Si](CC)(CC)/C(C#C[Si](C)(C)C)=C(/Cl)C#C[Si](C)(C)C. The van der Waals surface area contributed by atoms with E-state index in [1.807, 2.05) is 0 Å². The molecule has 0 unspecified atom stereocenters. The summed E-state index contributed by atoms with van der Waals surface area (Å²) < 4.78 is 0. The highest BCUT2D eigenvalue weighted by Gasteiger charge is 2.33. The van der Waals surface area contributed by atoms with Gasteiger partial charge < -0.3 is 0 Å². The van der Waals surface area contributed by atoms with Gasteiger partial charge in [-0.15, -0.1) is 11.1 Å². The summed E-state index contributed by atoms with van der Waals surface area (Å²) in [6.45, 7) is 20.5. The molecule has 0 amide bonds. The lowest BCUT2D eigenvalue weighted by molar-refractivity contribution is 1.18. The number of hydrogen-bond acceptors (Lipinski definition) is 0. The molecule has 0 aliphatic carbocycles. The molecule has 0 aromatic heterocycles. The summed E-state index contributed by atoms with van der Waals surface area (Å²) in [6, 6.07) is 3.58. The molecular weight excluding hydrogens is 336 g/mol. The Morgan fingerprint density at radius 2 is 1.09 bits per heavy atom. The molecule has 124 valence electrons. The summed E-state index contributed by atoms with van der Waals surface area (Å²) in [5.41, 5.74) is 6.94. The molecule has 0 bridgehead atoms. The third-order valence-corrected chi connectivity index (χ3v) is 11.6. The molecule has 0 aromatic rings. The van der Waals surface area contributed by atoms with Crippen LogP contribution < -0.4 is 0 Å². The van der Waals surface area contributed by atoms with Crippen LogP contribution in [0.1, 0.15) is 20.8 Å². The minimum atomic E-state index is -1.60. The Kier molecular flexibility index (Phi) is 8.52. The minimum absolute atomic E-state index is 0.741. The van der Waals surface area contributed by atoms with E-state index >= 15 is 0 Å². The van der Waals surface area contributed by atoms with Gasteiger partial charge in [0.1, 0.15) is 16.1 Å². The van der Waals surface area contributed by atoms with Gasteiger partial charge in [-0.05, 0) is 0 Å². The molecule has 0 aliphatic rings. The van der Waals surface area contributed by atoms with Crippen LogP contribution >= 0.6 is 11.6 Å². The van der Waals surface area contributed by atoms with E-state index in [0.29, 0.717) is 0 Å². The average molecular weight is 369 g/mol. The lowest BCUT2D eigenvalue weighted by Gasteiger charge is -2.28. The van der Waals surface area contributed by atoms with Crippen LogP contribution in [-0.4, -0.2) is 24.2 Å². The van der Waals surface area contributed by atoms with Crippen LogP contribution in [0.4, 0.5) is 0 Å². The Morgan fingerprint density at radius 1 is 0.727 bits per heavy atom. The number of allylic oxidation sites excluding steroid dienone is 2. The fourth-order valence-electron chi connectivity index (χ4n) is 2.26. The topological polar surface area (TPSA) is 0 Å². The Hall–Kier alpha value is -0.199. The van der Waals surface area contributed by atoms with Crippen molar-refractivity contribution in [2.45, 2.75) is 78.2 Å². The predicted molar refractivity (Wildman–Crippen MR) is 112 cm³/mol. The molecule has 0 nitrogen and oxygen atoms in total. The van der Waals surface area contributed by atoms with Crippen molar-refractivity contribution in [1.82, 2.24) is 0 Å². The summed E-state index contributed by atoms with van der Waals surface area (Å²) in [4.78, 5) is 0. The number of hydrogen-bond donors (Lipinski definition) is 0. The van der Waals surface area contributed by atoms with Gasteiger partial charge in [0.05, 0.1) is 13.1 Å². The van der Waals surface area contributed by atoms with Crippen molar-refractivity contribution >= 4 is 35.8 Å². The molecule has 0 spiro atoms. The fraction of sp³-hybridized carbons (Fsp3) is 0.667. The van der Waals surface area contributed by atoms with Crippen molar-refractivity contribution in [2.75, 3.05) is 0 Å². The monoisotopic (exact) mass is 368 g/mol. The largest absolute Gasteiger partial charge is 0.129 e. The van der Waals surface area contributed by atoms with Crippen LogP contribution in [0.15, 0.2) is 10.2 Å². The van der Waals surface area contributed by atoms with Crippen LogP contribution in [0, 0.1) is 22.9 Å². The average Bonchev–Trinajstić information content (AvgIpc) is 2.39. The van der Waals surface area contributed by atoms with Gasteiger partial charge in [0.2, 0.25) is 0 Å². The summed E-state index contributed by atoms with van der Waals surface area (Å²) in [6.07, 6.45) is 0. The third kappa shape index (κ3) is 7.38. The zero-order chi connectivity index (χ0) is 17.6. The van der Waals surface area contributed by atoms with E-state index in [0.717, 1.165) is 5.03 Å². The van der Waals surface area contributed by atoms with Crippen molar-refractivity contribution in [2.24, 2.45) is 0 Å². The van der Waals surface area contributed by atoms with Gasteiger partial charge in [0, 0.05) is 5.20 Å². The normalized spacial score (nSPS) is 13.5. The van der Waals surface area contributed by atoms with Crippen LogP contribution in [-0.2, 0) is 0 Å². The van der Waals surface area contributed by atoms with Gasteiger partial charge in [0.25, 0.3) is 0 Å². The van der Waals surface area contributed by atoms with Gasteiger partial charge in [-0.25, -0.2) is 0 Å². The van der Waals surface area contributed by atoms with Crippen molar-refractivity contribution in [1.29, 1.82) is 0 Å². The lowest BCUT2D eigenvalue weighted by Crippen LogP contribution is -2.35. The second-order valence-corrected chi connectivity index (χ2v) is 23.1. The molecule has 4 heteroatoms. The van der Waals surface area contributed by atoms with Gasteiger partial charge in [-0.1, -0.05) is 102 Å². The van der Waals surface area contributed by atoms with Gasteiger partial charge in [-0.3, -0.25) is 0 Å². The zero-order valence-corrected chi connectivity index (χ0v) is 19.8. The van der Waals surface area contributed by atoms with Gasteiger partial charge in [0.15, 0.2) is 0 Å². The fourth-order valence-corrected chi connectivity index (χ4v) is 7.57. The molecule has 22 heavy (non-hydrogen) atoms. The maximum atomic E-state index is 6.68. The quantitative estimate of drug-likeness (QED) is 0.404. The molecule has 0 atom stereocenters. The Balaban J connectivity index is 6.20. The van der Waals surface area contributed by atoms with E-state index in [2.05, 4.69) is 83.0 Å². The summed E-state index contributed by atoms with van der Waals surface area (Å²) in [5, 5.41) is 1.96. The standard InChI is InChI=1S/C18H33ClSi3/c1-10-22(11-2,12-3)18(14-16-21(7,8)9)17(19)13-15-20(4,5)6/h10-12H2,1-9H3/b18-17+. The van der Waals surface area contributed by atoms with Gasteiger partial charge >= 0.3 is 0 Å². The zero-order valence-electron chi connectivity index (χ0n) is 16.0. The molecule has 0 rings (SSSR count). The summed E-state index contributed by atoms with van der Waals surface area (Å²) >= 11 is 6.68. The molecular formula is C18H33ClSi3. The minimum Gasteiger partial charge on any atom is -0.127 e. The molecule has 0 N–H and O–H groups in total. The lowest BCUT2D eigenvalue weighted by atomic mass is 10.5.